The number of hydrogen-bond donors (Lipinski definition) is 0. The van der Waals surface area contributed by atoms with Gasteiger partial charge in [0.2, 0.25) is 0 Å². The molecule has 2 atom stereocenters. The topological polar surface area (TPSA) is 29.5 Å². The minimum Gasteiger partial charge on any atom is -0.496 e. The number of ether oxygens (including phenoxy) is 1. The first-order chi connectivity index (χ1) is 9.02. The van der Waals surface area contributed by atoms with Crippen molar-refractivity contribution in [3.05, 3.63) is 23.8 Å². The Hall–Kier alpha value is -1.51. The van der Waals surface area contributed by atoms with Crippen LogP contribution in [-0.2, 0) is 0 Å². The summed E-state index contributed by atoms with van der Waals surface area (Å²) in [5, 5.41) is 0. The SMILES string of the molecule is COc1cccc(N2CC(C)CC(C)C2)c1C(C)=O. The van der Waals surface area contributed by atoms with Crippen LogP contribution in [0, 0.1) is 11.8 Å². The molecule has 2 unspecified atom stereocenters. The zero-order valence-electron chi connectivity index (χ0n) is 12.3. The number of anilines is 1. The smallest absolute Gasteiger partial charge is 0.165 e. The van der Waals surface area contributed by atoms with Crippen molar-refractivity contribution in [1.82, 2.24) is 0 Å². The first-order valence-electron chi connectivity index (χ1n) is 6.95. The first kappa shape index (κ1) is 13.9. The molecule has 0 amide bonds. The van der Waals surface area contributed by atoms with Crippen LogP contribution < -0.4 is 9.64 Å². The second-order valence-corrected chi connectivity index (χ2v) is 5.76. The fraction of sp³-hybridized carbons (Fsp3) is 0.562. The number of benzene rings is 1. The van der Waals surface area contributed by atoms with Gasteiger partial charge in [0, 0.05) is 13.1 Å². The van der Waals surface area contributed by atoms with Gasteiger partial charge in [0.15, 0.2) is 5.78 Å². The molecule has 1 heterocycles. The van der Waals surface area contributed by atoms with Crippen molar-refractivity contribution in [2.75, 3.05) is 25.1 Å². The van der Waals surface area contributed by atoms with Crippen LogP contribution in [0.25, 0.3) is 0 Å². The maximum Gasteiger partial charge on any atom is 0.165 e. The van der Waals surface area contributed by atoms with E-state index in [0.29, 0.717) is 23.1 Å². The highest BCUT2D eigenvalue weighted by molar-refractivity contribution is 6.02. The van der Waals surface area contributed by atoms with E-state index in [-0.39, 0.29) is 5.78 Å². The third-order valence-corrected chi connectivity index (χ3v) is 3.79. The van der Waals surface area contributed by atoms with Gasteiger partial charge in [-0.05, 0) is 37.3 Å². The standard InChI is InChI=1S/C16H23NO2/c1-11-8-12(2)10-17(9-11)14-6-5-7-15(19-4)16(14)13(3)18/h5-7,11-12H,8-10H2,1-4H3. The Morgan fingerprint density at radius 1 is 1.26 bits per heavy atom. The third kappa shape index (κ3) is 2.91. The molecule has 3 nitrogen and oxygen atoms in total. The molecule has 0 aromatic heterocycles. The lowest BCUT2D eigenvalue weighted by molar-refractivity contribution is 0.101. The lowest BCUT2D eigenvalue weighted by Gasteiger charge is -2.37. The van der Waals surface area contributed by atoms with E-state index in [2.05, 4.69) is 18.7 Å². The first-order valence-corrected chi connectivity index (χ1v) is 6.95. The summed E-state index contributed by atoms with van der Waals surface area (Å²) in [4.78, 5) is 14.3. The van der Waals surface area contributed by atoms with E-state index in [4.69, 9.17) is 4.74 Å². The maximum atomic E-state index is 11.9. The van der Waals surface area contributed by atoms with E-state index < -0.39 is 0 Å². The highest BCUT2D eigenvalue weighted by atomic mass is 16.5. The molecule has 0 N–H and O–H groups in total. The van der Waals surface area contributed by atoms with E-state index in [1.165, 1.54) is 6.42 Å². The average Bonchev–Trinajstić information content (AvgIpc) is 2.36. The van der Waals surface area contributed by atoms with Crippen molar-refractivity contribution in [3.8, 4) is 5.75 Å². The van der Waals surface area contributed by atoms with Gasteiger partial charge in [0.25, 0.3) is 0 Å². The molecule has 2 rings (SSSR count). The van der Waals surface area contributed by atoms with Crippen LogP contribution in [-0.4, -0.2) is 26.0 Å². The fourth-order valence-electron chi connectivity index (χ4n) is 3.17. The Morgan fingerprint density at radius 2 is 1.89 bits per heavy atom. The molecule has 0 aliphatic carbocycles. The second kappa shape index (κ2) is 5.64. The summed E-state index contributed by atoms with van der Waals surface area (Å²) in [5.74, 6) is 2.07. The normalized spacial score (nSPS) is 23.3. The molecule has 0 saturated carbocycles. The van der Waals surface area contributed by atoms with Crippen molar-refractivity contribution in [2.45, 2.75) is 27.2 Å². The molecule has 1 saturated heterocycles. The Kier molecular flexibility index (Phi) is 4.13. The molecule has 0 bridgehead atoms. The number of methoxy groups -OCH3 is 1. The molecule has 1 aromatic rings. The van der Waals surface area contributed by atoms with Gasteiger partial charge >= 0.3 is 0 Å². The van der Waals surface area contributed by atoms with E-state index in [9.17, 15) is 4.79 Å². The Balaban J connectivity index is 2.41. The average molecular weight is 261 g/mol. The molecule has 0 radical (unpaired) electrons. The number of carbonyl (C=O) groups is 1. The highest BCUT2D eigenvalue weighted by Crippen LogP contribution is 2.33. The molecule has 19 heavy (non-hydrogen) atoms. The summed E-state index contributed by atoms with van der Waals surface area (Å²) in [7, 11) is 1.62. The number of hydrogen-bond acceptors (Lipinski definition) is 3. The molecule has 0 spiro atoms. The van der Waals surface area contributed by atoms with Crippen molar-refractivity contribution < 1.29 is 9.53 Å². The predicted molar refractivity (Wildman–Crippen MR) is 78.2 cm³/mol. The number of rotatable bonds is 3. The van der Waals surface area contributed by atoms with Crippen molar-refractivity contribution >= 4 is 11.5 Å². The lowest BCUT2D eigenvalue weighted by atomic mass is 9.91. The largest absolute Gasteiger partial charge is 0.496 e. The lowest BCUT2D eigenvalue weighted by Crippen LogP contribution is -2.39. The quantitative estimate of drug-likeness (QED) is 0.781. The van der Waals surface area contributed by atoms with Gasteiger partial charge in [0.05, 0.1) is 18.4 Å². The Bertz CT molecular complexity index is 460. The molecule has 3 heteroatoms. The van der Waals surface area contributed by atoms with Crippen LogP contribution >= 0.6 is 0 Å². The zero-order chi connectivity index (χ0) is 14.0. The molecule has 104 valence electrons. The van der Waals surface area contributed by atoms with Gasteiger partial charge in [-0.1, -0.05) is 19.9 Å². The van der Waals surface area contributed by atoms with Crippen LogP contribution in [0.4, 0.5) is 5.69 Å². The van der Waals surface area contributed by atoms with Gasteiger partial charge in [-0.3, -0.25) is 4.79 Å². The van der Waals surface area contributed by atoms with Gasteiger partial charge in [-0.15, -0.1) is 0 Å². The monoisotopic (exact) mass is 261 g/mol. The second-order valence-electron chi connectivity index (χ2n) is 5.76. The van der Waals surface area contributed by atoms with Gasteiger partial charge in [0.1, 0.15) is 5.75 Å². The van der Waals surface area contributed by atoms with Crippen LogP contribution in [0.2, 0.25) is 0 Å². The van der Waals surface area contributed by atoms with Gasteiger partial charge in [-0.25, -0.2) is 0 Å². The maximum absolute atomic E-state index is 11.9. The summed E-state index contributed by atoms with van der Waals surface area (Å²) in [6, 6.07) is 5.85. The van der Waals surface area contributed by atoms with Crippen LogP contribution in [0.15, 0.2) is 18.2 Å². The van der Waals surface area contributed by atoms with Crippen molar-refractivity contribution in [1.29, 1.82) is 0 Å². The minimum atomic E-state index is 0.0679. The summed E-state index contributed by atoms with van der Waals surface area (Å²) >= 11 is 0. The number of Topliss-reactive ketones (excluding diaryl/α,β-unsaturated/α-hetero) is 1. The fourth-order valence-corrected chi connectivity index (χ4v) is 3.17. The van der Waals surface area contributed by atoms with Crippen LogP contribution in [0.5, 0.6) is 5.75 Å². The van der Waals surface area contributed by atoms with Crippen LogP contribution in [0.1, 0.15) is 37.6 Å². The molecular formula is C16H23NO2. The Labute approximate surface area is 115 Å². The van der Waals surface area contributed by atoms with E-state index in [0.717, 1.165) is 18.8 Å². The van der Waals surface area contributed by atoms with E-state index in [1.807, 2.05) is 18.2 Å². The molecule has 1 aliphatic heterocycles. The minimum absolute atomic E-state index is 0.0679. The predicted octanol–water partition coefficient (Wildman–Crippen LogP) is 3.38. The third-order valence-electron chi connectivity index (χ3n) is 3.79. The summed E-state index contributed by atoms with van der Waals surface area (Å²) in [6.45, 7) is 8.18. The number of nitrogens with zero attached hydrogens (tertiary/aromatic N) is 1. The highest BCUT2D eigenvalue weighted by Gasteiger charge is 2.25. The molecule has 1 aliphatic rings. The molecular weight excluding hydrogens is 238 g/mol. The summed E-state index contributed by atoms with van der Waals surface area (Å²) < 4.78 is 5.34. The van der Waals surface area contributed by atoms with Crippen LogP contribution in [0.3, 0.4) is 0 Å². The van der Waals surface area contributed by atoms with E-state index in [1.54, 1.807) is 14.0 Å². The number of piperidine rings is 1. The number of ketones is 1. The summed E-state index contributed by atoms with van der Waals surface area (Å²) in [5.41, 5.74) is 1.73. The van der Waals surface area contributed by atoms with E-state index >= 15 is 0 Å². The Morgan fingerprint density at radius 3 is 2.42 bits per heavy atom. The zero-order valence-corrected chi connectivity index (χ0v) is 12.3. The number of carbonyl (C=O) groups excluding carboxylic acids is 1. The van der Waals surface area contributed by atoms with Gasteiger partial charge < -0.3 is 9.64 Å². The van der Waals surface area contributed by atoms with Gasteiger partial charge in [-0.2, -0.15) is 0 Å². The van der Waals surface area contributed by atoms with Crippen molar-refractivity contribution in [2.24, 2.45) is 11.8 Å². The molecule has 1 fully saturated rings. The summed E-state index contributed by atoms with van der Waals surface area (Å²) in [6.07, 6.45) is 1.26. The van der Waals surface area contributed by atoms with Crippen molar-refractivity contribution in [3.63, 3.8) is 0 Å². The molecule has 1 aromatic carbocycles.